The minimum Gasteiger partial charge on any atom is -0.370 e. The Morgan fingerprint density at radius 3 is 2.35 bits per heavy atom. The minimum absolute atomic E-state index is 0.0720. The summed E-state index contributed by atoms with van der Waals surface area (Å²) in [6.07, 6.45) is 7.08. The molecule has 0 aromatic rings. The van der Waals surface area contributed by atoms with Gasteiger partial charge in [0, 0.05) is 19.5 Å². The predicted molar refractivity (Wildman–Crippen MR) is 93.1 cm³/mol. The van der Waals surface area contributed by atoms with Crippen molar-refractivity contribution in [1.29, 1.82) is 5.41 Å². The summed E-state index contributed by atoms with van der Waals surface area (Å²) in [4.78, 5) is 24.0. The number of nitrogens with one attached hydrogen (secondary N) is 4. The summed E-state index contributed by atoms with van der Waals surface area (Å²) in [6.45, 7) is 5.05. The summed E-state index contributed by atoms with van der Waals surface area (Å²) in [6, 6.07) is -0.521. The number of unbranched alkanes of at least 4 members (excludes halogenated alkanes) is 4. The summed E-state index contributed by atoms with van der Waals surface area (Å²) < 4.78 is 0. The number of likely N-dealkylation sites (N-methyl/N-ethyl adjacent to an activating group) is 1. The molecule has 1 atom stereocenters. The van der Waals surface area contributed by atoms with Crippen molar-refractivity contribution in [2.75, 3.05) is 13.1 Å². The van der Waals surface area contributed by atoms with Gasteiger partial charge >= 0.3 is 0 Å². The second kappa shape index (κ2) is 13.8. The zero-order valence-corrected chi connectivity index (χ0v) is 14.5. The van der Waals surface area contributed by atoms with Crippen LogP contribution in [-0.4, -0.2) is 36.9 Å². The molecule has 0 saturated heterocycles. The Labute approximate surface area is 139 Å². The van der Waals surface area contributed by atoms with Crippen LogP contribution in [-0.2, 0) is 9.59 Å². The number of rotatable bonds is 13. The SMILES string of the molecule is CCCCCCCC(=O)NC(CCCNC(=N)N)C(=O)NCC. The molecule has 0 aromatic carbocycles. The van der Waals surface area contributed by atoms with E-state index in [4.69, 9.17) is 11.1 Å². The van der Waals surface area contributed by atoms with Gasteiger partial charge in [-0.1, -0.05) is 32.6 Å². The summed E-state index contributed by atoms with van der Waals surface area (Å²) >= 11 is 0. The highest BCUT2D eigenvalue weighted by atomic mass is 16.2. The molecule has 6 N–H and O–H groups in total. The molecule has 0 spiro atoms. The third-order valence-electron chi connectivity index (χ3n) is 3.50. The Morgan fingerprint density at radius 2 is 1.74 bits per heavy atom. The maximum Gasteiger partial charge on any atom is 0.242 e. The van der Waals surface area contributed by atoms with Crippen LogP contribution in [0.25, 0.3) is 0 Å². The molecule has 7 nitrogen and oxygen atoms in total. The van der Waals surface area contributed by atoms with Crippen molar-refractivity contribution in [3.05, 3.63) is 0 Å². The number of amides is 2. The molecule has 7 heteroatoms. The van der Waals surface area contributed by atoms with Crippen LogP contribution in [0.1, 0.15) is 65.2 Å². The average molecular weight is 327 g/mol. The topological polar surface area (TPSA) is 120 Å². The molecule has 0 aromatic heterocycles. The van der Waals surface area contributed by atoms with Crippen molar-refractivity contribution in [2.45, 2.75) is 71.3 Å². The lowest BCUT2D eigenvalue weighted by atomic mass is 10.1. The minimum atomic E-state index is -0.521. The molecule has 0 aliphatic carbocycles. The van der Waals surface area contributed by atoms with Gasteiger partial charge < -0.3 is 21.7 Å². The van der Waals surface area contributed by atoms with Crippen LogP contribution in [0.5, 0.6) is 0 Å². The van der Waals surface area contributed by atoms with E-state index in [2.05, 4.69) is 22.9 Å². The number of carbonyl (C=O) groups excluding carboxylic acids is 2. The van der Waals surface area contributed by atoms with Crippen LogP contribution in [0.2, 0.25) is 0 Å². The van der Waals surface area contributed by atoms with Crippen molar-refractivity contribution >= 4 is 17.8 Å². The fraction of sp³-hybridized carbons (Fsp3) is 0.812. The Morgan fingerprint density at radius 1 is 1.04 bits per heavy atom. The van der Waals surface area contributed by atoms with Gasteiger partial charge in [-0.3, -0.25) is 15.0 Å². The van der Waals surface area contributed by atoms with Gasteiger partial charge in [0.05, 0.1) is 0 Å². The van der Waals surface area contributed by atoms with E-state index in [-0.39, 0.29) is 17.8 Å². The van der Waals surface area contributed by atoms with Crippen LogP contribution in [0.4, 0.5) is 0 Å². The van der Waals surface area contributed by atoms with Gasteiger partial charge in [-0.15, -0.1) is 0 Å². The Bertz CT molecular complexity index is 360. The summed E-state index contributed by atoms with van der Waals surface area (Å²) in [7, 11) is 0. The van der Waals surface area contributed by atoms with E-state index in [1.807, 2.05) is 6.92 Å². The predicted octanol–water partition coefficient (Wildman–Crippen LogP) is 1.23. The Hall–Kier alpha value is -1.79. The molecular formula is C16H33N5O2. The normalized spacial score (nSPS) is 11.6. The third kappa shape index (κ3) is 12.4. The molecule has 0 aliphatic rings. The monoisotopic (exact) mass is 327 g/mol. The molecule has 0 aliphatic heterocycles. The number of guanidine groups is 1. The first kappa shape index (κ1) is 21.2. The average Bonchev–Trinajstić information content (AvgIpc) is 2.50. The van der Waals surface area contributed by atoms with E-state index in [1.54, 1.807) is 0 Å². The number of nitrogens with two attached hydrogens (primary N) is 1. The van der Waals surface area contributed by atoms with Gasteiger partial charge in [-0.25, -0.2) is 0 Å². The third-order valence-corrected chi connectivity index (χ3v) is 3.50. The smallest absolute Gasteiger partial charge is 0.242 e. The van der Waals surface area contributed by atoms with Crippen molar-refractivity contribution < 1.29 is 9.59 Å². The van der Waals surface area contributed by atoms with E-state index in [1.165, 1.54) is 12.8 Å². The lowest BCUT2D eigenvalue weighted by Gasteiger charge is -2.18. The second-order valence-electron chi connectivity index (χ2n) is 5.66. The number of carbonyl (C=O) groups is 2. The van der Waals surface area contributed by atoms with Gasteiger partial charge in [-0.2, -0.15) is 0 Å². The second-order valence-corrected chi connectivity index (χ2v) is 5.66. The molecule has 0 saturated carbocycles. The molecule has 1 unspecified atom stereocenters. The van der Waals surface area contributed by atoms with Gasteiger partial charge in [0.15, 0.2) is 5.96 Å². The van der Waals surface area contributed by atoms with E-state index in [0.29, 0.717) is 32.4 Å². The highest BCUT2D eigenvalue weighted by Gasteiger charge is 2.19. The van der Waals surface area contributed by atoms with Gasteiger partial charge in [-0.05, 0) is 26.2 Å². The first-order valence-electron chi connectivity index (χ1n) is 8.66. The van der Waals surface area contributed by atoms with Crippen LogP contribution in [0, 0.1) is 5.41 Å². The van der Waals surface area contributed by atoms with Gasteiger partial charge in [0.2, 0.25) is 11.8 Å². The van der Waals surface area contributed by atoms with Gasteiger partial charge in [0.25, 0.3) is 0 Å². The largest absolute Gasteiger partial charge is 0.370 e. The maximum atomic E-state index is 12.0. The van der Waals surface area contributed by atoms with Crippen molar-refractivity contribution in [3.8, 4) is 0 Å². The van der Waals surface area contributed by atoms with Crippen LogP contribution in [0.3, 0.4) is 0 Å². The van der Waals surface area contributed by atoms with E-state index < -0.39 is 6.04 Å². The Balaban J connectivity index is 4.15. The fourth-order valence-corrected chi connectivity index (χ4v) is 2.25. The first-order valence-corrected chi connectivity index (χ1v) is 8.66. The molecular weight excluding hydrogens is 294 g/mol. The van der Waals surface area contributed by atoms with Crippen LogP contribution < -0.4 is 21.7 Å². The van der Waals surface area contributed by atoms with Gasteiger partial charge in [0.1, 0.15) is 6.04 Å². The molecule has 0 rings (SSSR count). The molecule has 0 heterocycles. The molecule has 23 heavy (non-hydrogen) atoms. The first-order chi connectivity index (χ1) is 11.0. The van der Waals surface area contributed by atoms with Crippen LogP contribution in [0.15, 0.2) is 0 Å². The van der Waals surface area contributed by atoms with Crippen molar-refractivity contribution in [2.24, 2.45) is 5.73 Å². The zero-order valence-electron chi connectivity index (χ0n) is 14.5. The van der Waals surface area contributed by atoms with Crippen LogP contribution >= 0.6 is 0 Å². The standard InChI is InChI=1S/C16H33N5O2/c1-3-5-6-7-8-11-14(22)21-13(15(23)19-4-2)10-9-12-20-16(17)18/h13H,3-12H2,1-2H3,(H,19,23)(H,21,22)(H4,17,18,20). The number of hydrogen-bond donors (Lipinski definition) is 5. The van der Waals surface area contributed by atoms with E-state index in [9.17, 15) is 9.59 Å². The van der Waals surface area contributed by atoms with E-state index in [0.717, 1.165) is 19.3 Å². The summed E-state index contributed by atoms with van der Waals surface area (Å²) in [5.41, 5.74) is 5.21. The summed E-state index contributed by atoms with van der Waals surface area (Å²) in [5.74, 6) is -0.317. The maximum absolute atomic E-state index is 12.0. The molecule has 134 valence electrons. The molecule has 0 radical (unpaired) electrons. The molecule has 0 bridgehead atoms. The zero-order chi connectivity index (χ0) is 17.5. The fourth-order valence-electron chi connectivity index (χ4n) is 2.25. The molecule has 2 amide bonds. The van der Waals surface area contributed by atoms with Crippen molar-refractivity contribution in [3.63, 3.8) is 0 Å². The lowest BCUT2D eigenvalue weighted by Crippen LogP contribution is -2.47. The Kier molecular flexibility index (Phi) is 12.8. The number of hydrogen-bond acceptors (Lipinski definition) is 3. The summed E-state index contributed by atoms with van der Waals surface area (Å²) in [5, 5.41) is 15.3. The molecule has 0 fully saturated rings. The quantitative estimate of drug-likeness (QED) is 0.198. The lowest BCUT2D eigenvalue weighted by molar-refractivity contribution is -0.129. The highest BCUT2D eigenvalue weighted by Crippen LogP contribution is 2.05. The van der Waals surface area contributed by atoms with E-state index >= 15 is 0 Å². The highest BCUT2D eigenvalue weighted by molar-refractivity contribution is 5.87. The van der Waals surface area contributed by atoms with Crippen molar-refractivity contribution in [1.82, 2.24) is 16.0 Å².